The average molecular weight is 170 g/mol. The normalized spacial score (nSPS) is 10.7. The van der Waals surface area contributed by atoms with Crippen LogP contribution in [0.2, 0.25) is 0 Å². The third-order valence-corrected chi connectivity index (χ3v) is 1.44. The first kappa shape index (κ1) is 8.99. The molecule has 0 aliphatic rings. The molecule has 0 aromatic carbocycles. The molecule has 0 spiro atoms. The van der Waals surface area contributed by atoms with Gasteiger partial charge in [0, 0.05) is 12.5 Å². The van der Waals surface area contributed by atoms with Crippen molar-refractivity contribution < 1.29 is 5.11 Å². The SMILES string of the molecule is CC(C)c1nc(NCCO)n[nH]1. The van der Waals surface area contributed by atoms with Crippen molar-refractivity contribution in [1.29, 1.82) is 0 Å². The molecule has 68 valence electrons. The Morgan fingerprint density at radius 3 is 2.83 bits per heavy atom. The van der Waals surface area contributed by atoms with Crippen molar-refractivity contribution in [2.45, 2.75) is 19.8 Å². The molecule has 0 aliphatic carbocycles. The molecular formula is C7H14N4O. The third kappa shape index (κ3) is 2.20. The summed E-state index contributed by atoms with van der Waals surface area (Å²) in [5.41, 5.74) is 0. The van der Waals surface area contributed by atoms with E-state index >= 15 is 0 Å². The molecule has 0 atom stereocenters. The van der Waals surface area contributed by atoms with Crippen LogP contribution in [-0.2, 0) is 0 Å². The molecule has 1 rings (SSSR count). The van der Waals surface area contributed by atoms with E-state index in [4.69, 9.17) is 5.11 Å². The first-order valence-electron chi connectivity index (χ1n) is 4.01. The van der Waals surface area contributed by atoms with Crippen molar-refractivity contribution in [2.24, 2.45) is 0 Å². The molecule has 1 heterocycles. The molecule has 3 N–H and O–H groups in total. The molecular weight excluding hydrogens is 156 g/mol. The summed E-state index contributed by atoms with van der Waals surface area (Å²) in [6.45, 7) is 4.65. The van der Waals surface area contributed by atoms with E-state index in [1.807, 2.05) is 13.8 Å². The molecule has 5 heteroatoms. The van der Waals surface area contributed by atoms with Gasteiger partial charge in [-0.25, -0.2) is 0 Å². The highest BCUT2D eigenvalue weighted by Crippen LogP contribution is 2.09. The van der Waals surface area contributed by atoms with Gasteiger partial charge in [-0.2, -0.15) is 4.98 Å². The number of aromatic amines is 1. The van der Waals surface area contributed by atoms with Crippen molar-refractivity contribution >= 4 is 5.95 Å². The van der Waals surface area contributed by atoms with E-state index in [0.717, 1.165) is 5.82 Å². The molecule has 0 amide bonds. The summed E-state index contributed by atoms with van der Waals surface area (Å²) in [6, 6.07) is 0. The average Bonchev–Trinajstić information content (AvgIpc) is 2.48. The minimum absolute atomic E-state index is 0.0888. The number of aromatic nitrogens is 3. The fourth-order valence-electron chi connectivity index (χ4n) is 0.779. The van der Waals surface area contributed by atoms with Crippen molar-refractivity contribution in [3.63, 3.8) is 0 Å². The van der Waals surface area contributed by atoms with E-state index in [9.17, 15) is 0 Å². The highest BCUT2D eigenvalue weighted by Gasteiger charge is 2.04. The van der Waals surface area contributed by atoms with Crippen molar-refractivity contribution in [3.8, 4) is 0 Å². The van der Waals surface area contributed by atoms with E-state index < -0.39 is 0 Å². The molecule has 0 saturated heterocycles. The maximum Gasteiger partial charge on any atom is 0.242 e. The lowest BCUT2D eigenvalue weighted by Crippen LogP contribution is -2.06. The highest BCUT2D eigenvalue weighted by atomic mass is 16.3. The Balaban J connectivity index is 2.52. The molecule has 12 heavy (non-hydrogen) atoms. The predicted molar refractivity (Wildman–Crippen MR) is 46.0 cm³/mol. The fourth-order valence-corrected chi connectivity index (χ4v) is 0.779. The molecule has 0 saturated carbocycles. The number of anilines is 1. The van der Waals surface area contributed by atoms with Crippen molar-refractivity contribution in [3.05, 3.63) is 5.82 Å². The van der Waals surface area contributed by atoms with Crippen LogP contribution in [0.5, 0.6) is 0 Å². The van der Waals surface area contributed by atoms with Crippen LogP contribution in [0.4, 0.5) is 5.95 Å². The van der Waals surface area contributed by atoms with Gasteiger partial charge in [-0.1, -0.05) is 13.8 Å². The quantitative estimate of drug-likeness (QED) is 0.609. The molecule has 0 aliphatic heterocycles. The van der Waals surface area contributed by atoms with Crippen molar-refractivity contribution in [2.75, 3.05) is 18.5 Å². The Labute approximate surface area is 71.2 Å². The minimum Gasteiger partial charge on any atom is -0.395 e. The van der Waals surface area contributed by atoms with Crippen LogP contribution < -0.4 is 5.32 Å². The van der Waals surface area contributed by atoms with Crippen LogP contribution in [0, 0.1) is 0 Å². The summed E-state index contributed by atoms with van der Waals surface area (Å²) in [6.07, 6.45) is 0. The largest absolute Gasteiger partial charge is 0.395 e. The van der Waals surface area contributed by atoms with Gasteiger partial charge in [0.25, 0.3) is 0 Å². The van der Waals surface area contributed by atoms with E-state index in [1.165, 1.54) is 0 Å². The number of nitrogens with zero attached hydrogens (tertiary/aromatic N) is 2. The summed E-state index contributed by atoms with van der Waals surface area (Å²) in [7, 11) is 0. The lowest BCUT2D eigenvalue weighted by Gasteiger charge is -1.96. The summed E-state index contributed by atoms with van der Waals surface area (Å²) >= 11 is 0. The number of aliphatic hydroxyl groups excluding tert-OH is 1. The first-order valence-corrected chi connectivity index (χ1v) is 4.01. The molecule has 0 fully saturated rings. The smallest absolute Gasteiger partial charge is 0.242 e. The van der Waals surface area contributed by atoms with Crippen LogP contribution in [0.3, 0.4) is 0 Å². The number of H-pyrrole nitrogens is 1. The fraction of sp³-hybridized carbons (Fsp3) is 0.714. The molecule has 5 nitrogen and oxygen atoms in total. The van der Waals surface area contributed by atoms with Crippen LogP contribution in [-0.4, -0.2) is 33.4 Å². The van der Waals surface area contributed by atoms with Gasteiger partial charge in [-0.05, 0) is 0 Å². The number of hydrogen-bond acceptors (Lipinski definition) is 4. The zero-order chi connectivity index (χ0) is 8.97. The second-order valence-corrected chi connectivity index (χ2v) is 2.85. The molecule has 0 bridgehead atoms. The van der Waals surface area contributed by atoms with Gasteiger partial charge in [-0.15, -0.1) is 5.10 Å². The second kappa shape index (κ2) is 4.06. The van der Waals surface area contributed by atoms with Crippen LogP contribution in [0.1, 0.15) is 25.6 Å². The zero-order valence-electron chi connectivity index (χ0n) is 7.33. The lowest BCUT2D eigenvalue weighted by molar-refractivity contribution is 0.311. The zero-order valence-corrected chi connectivity index (χ0v) is 7.33. The van der Waals surface area contributed by atoms with Crippen molar-refractivity contribution in [1.82, 2.24) is 15.2 Å². The molecule has 1 aromatic heterocycles. The Kier molecular flexibility index (Phi) is 3.04. The number of aliphatic hydroxyl groups is 1. The molecule has 0 unspecified atom stereocenters. The van der Waals surface area contributed by atoms with Gasteiger partial charge in [0.2, 0.25) is 5.95 Å². The van der Waals surface area contributed by atoms with Gasteiger partial charge in [0.15, 0.2) is 0 Å². The standard InChI is InChI=1S/C7H14N4O/c1-5(2)6-9-7(11-10-6)8-3-4-12/h5,12H,3-4H2,1-2H3,(H2,8,9,10,11). The predicted octanol–water partition coefficient (Wildman–Crippen LogP) is 0.332. The van der Waals surface area contributed by atoms with E-state index in [2.05, 4.69) is 20.5 Å². The Bertz CT molecular complexity index is 233. The number of hydrogen-bond donors (Lipinski definition) is 3. The van der Waals surface area contributed by atoms with E-state index in [0.29, 0.717) is 18.4 Å². The summed E-state index contributed by atoms with van der Waals surface area (Å²) in [5.74, 6) is 1.75. The van der Waals surface area contributed by atoms with Gasteiger partial charge in [-0.3, -0.25) is 5.10 Å². The molecule has 0 radical (unpaired) electrons. The summed E-state index contributed by atoms with van der Waals surface area (Å²) in [5, 5.41) is 18.1. The summed E-state index contributed by atoms with van der Waals surface area (Å²) < 4.78 is 0. The first-order chi connectivity index (χ1) is 5.74. The topological polar surface area (TPSA) is 73.8 Å². The van der Waals surface area contributed by atoms with Crippen LogP contribution in [0.15, 0.2) is 0 Å². The number of nitrogens with one attached hydrogen (secondary N) is 2. The van der Waals surface area contributed by atoms with Crippen LogP contribution in [0.25, 0.3) is 0 Å². The monoisotopic (exact) mass is 170 g/mol. The van der Waals surface area contributed by atoms with Crippen LogP contribution >= 0.6 is 0 Å². The maximum atomic E-state index is 8.52. The highest BCUT2D eigenvalue weighted by molar-refractivity contribution is 5.22. The van der Waals surface area contributed by atoms with Gasteiger partial charge in [0.05, 0.1) is 6.61 Å². The molecule has 1 aromatic rings. The Morgan fingerprint density at radius 1 is 1.58 bits per heavy atom. The van der Waals surface area contributed by atoms with Gasteiger partial charge < -0.3 is 10.4 Å². The second-order valence-electron chi connectivity index (χ2n) is 2.85. The number of rotatable bonds is 4. The van der Waals surface area contributed by atoms with Gasteiger partial charge >= 0.3 is 0 Å². The Morgan fingerprint density at radius 2 is 2.33 bits per heavy atom. The maximum absolute atomic E-state index is 8.52. The van der Waals surface area contributed by atoms with E-state index in [-0.39, 0.29) is 6.61 Å². The minimum atomic E-state index is 0.0888. The summed E-state index contributed by atoms with van der Waals surface area (Å²) in [4.78, 5) is 4.16. The van der Waals surface area contributed by atoms with E-state index in [1.54, 1.807) is 0 Å². The Hall–Kier alpha value is -1.10. The lowest BCUT2D eigenvalue weighted by atomic mass is 10.2. The van der Waals surface area contributed by atoms with Gasteiger partial charge in [0.1, 0.15) is 5.82 Å². The third-order valence-electron chi connectivity index (χ3n) is 1.44.